The number of benzene rings is 4. The van der Waals surface area contributed by atoms with E-state index in [0.717, 1.165) is 0 Å². The maximum atomic E-state index is 2.71. The summed E-state index contributed by atoms with van der Waals surface area (Å²) in [4.78, 5) is 0. The Balaban J connectivity index is 1.77. The van der Waals surface area contributed by atoms with Gasteiger partial charge in [0.15, 0.2) is 0 Å². The third kappa shape index (κ3) is 2.85. The first-order valence-corrected chi connectivity index (χ1v) is 13.0. The number of nitrogens with zero attached hydrogens (tertiary/aromatic N) is 2. The Kier molecular flexibility index (Phi) is 4.42. The van der Waals surface area contributed by atoms with Gasteiger partial charge in [-0.3, -0.25) is 0 Å². The highest BCUT2D eigenvalue weighted by Crippen LogP contribution is 2.35. The van der Waals surface area contributed by atoms with E-state index in [4.69, 9.17) is 0 Å². The molecule has 2 nitrogen and oxygen atoms in total. The van der Waals surface area contributed by atoms with Gasteiger partial charge in [-0.05, 0) is 24.3 Å². The predicted molar refractivity (Wildman–Crippen MR) is 135 cm³/mol. The topological polar surface area (TPSA) is 9.86 Å². The van der Waals surface area contributed by atoms with Crippen LogP contribution in [-0.2, 0) is 0 Å². The fraction of sp³-hybridized carbons (Fsp3) is 0.143. The highest BCUT2D eigenvalue weighted by molar-refractivity contribution is 6.61. The summed E-state index contributed by atoms with van der Waals surface area (Å²) in [5.41, 5.74) is 5.46. The Labute approximate surface area is 187 Å². The van der Waals surface area contributed by atoms with Gasteiger partial charge in [-0.15, -0.1) is 0 Å². The third-order valence-corrected chi connectivity index (χ3v) is 10.2. The Bertz CT molecular complexity index is 1330. The summed E-state index contributed by atoms with van der Waals surface area (Å²) in [5.74, 6) is 0.622. The summed E-state index contributed by atoms with van der Waals surface area (Å²) in [6.07, 6.45) is 0. The van der Waals surface area contributed by atoms with Crippen molar-refractivity contribution in [1.82, 2.24) is 7.10 Å². The molecule has 0 unspecified atom stereocenters. The standard InChI is InChI=1S/2C12H8N.C4H9.Al/c2*1-3-7-11-9(5-1)10-6-2-4-8-12(10)13-11;1-4(2)3;/h2*1-8H;4H,1H2,2-3H3;/q2*-1;;+2. The van der Waals surface area contributed by atoms with Crippen molar-refractivity contribution in [2.24, 2.45) is 5.92 Å². The van der Waals surface area contributed by atoms with Crippen LogP contribution in [0.25, 0.3) is 43.6 Å². The van der Waals surface area contributed by atoms with Crippen molar-refractivity contribution in [3.63, 3.8) is 0 Å². The zero-order valence-corrected chi connectivity index (χ0v) is 19.1. The van der Waals surface area contributed by atoms with Gasteiger partial charge >= 0.3 is 14.6 Å². The minimum atomic E-state index is -1.68. The van der Waals surface area contributed by atoms with E-state index in [1.165, 1.54) is 48.9 Å². The molecule has 4 aromatic carbocycles. The lowest BCUT2D eigenvalue weighted by Crippen LogP contribution is -2.34. The number of hydrogen-bond acceptors (Lipinski definition) is 0. The number of aromatic nitrogens is 2. The Morgan fingerprint density at radius 3 is 1.10 bits per heavy atom. The predicted octanol–water partition coefficient (Wildman–Crippen LogP) is 7.44. The molecule has 2 aromatic heterocycles. The first-order chi connectivity index (χ1) is 15.2. The van der Waals surface area contributed by atoms with Crippen LogP contribution in [0.5, 0.6) is 0 Å². The molecular formula is C28H25AlN2. The number of hydrogen-bond donors (Lipinski definition) is 0. The molecule has 3 heteroatoms. The zero-order valence-electron chi connectivity index (χ0n) is 18.0. The molecule has 150 valence electrons. The summed E-state index contributed by atoms with van der Waals surface area (Å²) < 4.78 is 5.42. The molecule has 2 heterocycles. The average molecular weight is 417 g/mol. The van der Waals surface area contributed by atoms with Crippen LogP contribution in [-0.4, -0.2) is 21.7 Å². The molecule has 0 amide bonds. The van der Waals surface area contributed by atoms with Crippen LogP contribution in [0.4, 0.5) is 0 Å². The van der Waals surface area contributed by atoms with Crippen LogP contribution < -0.4 is 0 Å². The van der Waals surface area contributed by atoms with Crippen molar-refractivity contribution in [2.75, 3.05) is 0 Å². The molecule has 0 spiro atoms. The minimum Gasteiger partial charge on any atom is -0.414 e. The molecule has 0 radical (unpaired) electrons. The SMILES string of the molecule is CC(C)[CH2][Al]([n]1c2ccccc2c2ccccc21)[n]1c2ccccc2c2ccccc21. The molecule has 31 heavy (non-hydrogen) atoms. The quantitative estimate of drug-likeness (QED) is 0.264. The van der Waals surface area contributed by atoms with Gasteiger partial charge in [-0.2, -0.15) is 0 Å². The van der Waals surface area contributed by atoms with Gasteiger partial charge in [0, 0.05) is 43.6 Å². The minimum absolute atomic E-state index is 0.622. The van der Waals surface area contributed by atoms with Crippen LogP contribution in [0, 0.1) is 5.92 Å². The second kappa shape index (κ2) is 7.31. The average Bonchev–Trinajstić information content (AvgIpc) is 3.31. The van der Waals surface area contributed by atoms with Crippen molar-refractivity contribution in [3.8, 4) is 0 Å². The summed E-state index contributed by atoms with van der Waals surface area (Å²) in [6.45, 7) is 4.73. The smallest absolute Gasteiger partial charge is 0.414 e. The van der Waals surface area contributed by atoms with Crippen LogP contribution >= 0.6 is 0 Å². The fourth-order valence-electron chi connectivity index (χ4n) is 5.30. The Hall–Kier alpha value is -2.99. The Morgan fingerprint density at radius 2 is 0.806 bits per heavy atom. The lowest BCUT2D eigenvalue weighted by Gasteiger charge is -2.21. The van der Waals surface area contributed by atoms with Crippen LogP contribution in [0.3, 0.4) is 0 Å². The lowest BCUT2D eigenvalue weighted by atomic mass is 10.2. The zero-order chi connectivity index (χ0) is 20.9. The van der Waals surface area contributed by atoms with Crippen molar-refractivity contribution in [2.45, 2.75) is 19.1 Å². The number of fused-ring (bicyclic) bond motifs is 6. The molecule has 6 rings (SSSR count). The maximum Gasteiger partial charge on any atom is 0.583 e. The second-order valence-corrected chi connectivity index (χ2v) is 11.4. The van der Waals surface area contributed by atoms with E-state index in [2.05, 4.69) is 118 Å². The molecule has 0 saturated heterocycles. The van der Waals surface area contributed by atoms with Gasteiger partial charge in [-0.25, -0.2) is 0 Å². The lowest BCUT2D eigenvalue weighted by molar-refractivity contribution is 0.715. The third-order valence-electron chi connectivity index (χ3n) is 6.51. The molecule has 0 aliphatic carbocycles. The summed E-state index contributed by atoms with van der Waals surface area (Å²) in [5, 5.41) is 6.64. The van der Waals surface area contributed by atoms with Crippen LogP contribution in [0.2, 0.25) is 5.28 Å². The van der Waals surface area contributed by atoms with Gasteiger partial charge in [0.1, 0.15) is 0 Å². The summed E-state index contributed by atoms with van der Waals surface area (Å²) in [6, 6.07) is 35.8. The van der Waals surface area contributed by atoms with E-state index in [9.17, 15) is 0 Å². The first-order valence-electron chi connectivity index (χ1n) is 11.2. The molecule has 0 aliphatic rings. The van der Waals surface area contributed by atoms with Crippen molar-refractivity contribution >= 4 is 58.2 Å². The first kappa shape index (κ1) is 18.8. The van der Waals surface area contributed by atoms with Gasteiger partial charge < -0.3 is 7.10 Å². The molecule has 0 aliphatic heterocycles. The Morgan fingerprint density at radius 1 is 0.516 bits per heavy atom. The molecule has 0 bridgehead atoms. The van der Waals surface area contributed by atoms with E-state index in [1.54, 1.807) is 0 Å². The van der Waals surface area contributed by atoms with Gasteiger partial charge in [0.05, 0.1) is 0 Å². The van der Waals surface area contributed by atoms with Gasteiger partial charge in [0.25, 0.3) is 0 Å². The summed E-state index contributed by atoms with van der Waals surface area (Å²) >= 11 is -1.68. The van der Waals surface area contributed by atoms with Gasteiger partial charge in [0.2, 0.25) is 0 Å². The molecule has 0 fully saturated rings. The van der Waals surface area contributed by atoms with E-state index < -0.39 is 14.6 Å². The molecule has 0 N–H and O–H groups in total. The fourth-order valence-corrected chi connectivity index (χ4v) is 8.98. The van der Waals surface area contributed by atoms with E-state index >= 15 is 0 Å². The molecule has 0 saturated carbocycles. The number of rotatable bonds is 4. The van der Waals surface area contributed by atoms with E-state index in [1.807, 2.05) is 0 Å². The second-order valence-electron chi connectivity index (χ2n) is 8.92. The molecular weight excluding hydrogens is 391 g/mol. The molecule has 6 aromatic rings. The number of para-hydroxylation sites is 4. The normalized spacial score (nSPS) is 12.0. The largest absolute Gasteiger partial charge is 0.583 e. The van der Waals surface area contributed by atoms with Crippen molar-refractivity contribution < 1.29 is 0 Å². The van der Waals surface area contributed by atoms with Crippen molar-refractivity contribution in [3.05, 3.63) is 97.1 Å². The monoisotopic (exact) mass is 416 g/mol. The summed E-state index contributed by atoms with van der Waals surface area (Å²) in [7, 11) is 0. The van der Waals surface area contributed by atoms with E-state index in [-0.39, 0.29) is 0 Å². The van der Waals surface area contributed by atoms with Crippen molar-refractivity contribution in [1.29, 1.82) is 0 Å². The highest BCUT2D eigenvalue weighted by atomic mass is 27.2. The van der Waals surface area contributed by atoms with Gasteiger partial charge in [-0.1, -0.05) is 97.8 Å². The van der Waals surface area contributed by atoms with Crippen LogP contribution in [0.15, 0.2) is 97.1 Å². The molecule has 0 atom stereocenters. The maximum absolute atomic E-state index is 2.71. The van der Waals surface area contributed by atoms with E-state index in [0.29, 0.717) is 5.92 Å². The highest BCUT2D eigenvalue weighted by Gasteiger charge is 2.33. The van der Waals surface area contributed by atoms with Crippen LogP contribution in [0.1, 0.15) is 13.8 Å².